The lowest BCUT2D eigenvalue weighted by atomic mass is 9.32. The third-order valence-electron chi connectivity index (χ3n) is 53.3. The van der Waals surface area contributed by atoms with Crippen molar-refractivity contribution in [3.8, 4) is 0 Å². The average molecular weight is 1880 g/mol. The summed E-state index contributed by atoms with van der Waals surface area (Å²) in [6, 6.07) is 0. The molecule has 14 heteroatoms. The molecule has 136 heavy (non-hydrogen) atoms. The minimum Gasteiger partial charge on any atom is -0.481 e. The molecule has 0 aromatic rings. The smallest absolute Gasteiger partial charge is 0.310 e. The number of rotatable bonds is 7. The van der Waals surface area contributed by atoms with Crippen LogP contribution in [0.3, 0.4) is 0 Å². The van der Waals surface area contributed by atoms with E-state index in [4.69, 9.17) is 4.74 Å². The molecule has 8 N–H and O–H groups in total. The van der Waals surface area contributed by atoms with Gasteiger partial charge in [-0.25, -0.2) is 0 Å². The van der Waals surface area contributed by atoms with Crippen molar-refractivity contribution in [2.75, 3.05) is 0 Å². The number of carboxylic acid groups (broad SMARTS) is 4. The molecule has 18 fully saturated rings. The SMILES string of the molecule is C=C(C)[C@@H]1CC[C@]2(C(=O)O)CC[C@]3(C)[C@H](CC[C@@H]4[C@@]5(C)CC[C@H](O)C(C)(C)[C@@H]5CC[C@]43C)[C@@H]12.C=C(C)[C@@H]1CC[C@]2(C(=O)O)CC[C@]3(C)[C@H](CC[C@@H]4[C@@]5(C)CC[C@H](OC(C)=O)C(C)(C)[C@@H]5CC[C@]43C)[C@@H]12.CC1(C)CC[C@]2(C(=O)O)CC[C@]3(C)C(=CC[C@@H]4[C@@]5(C)CC[C@H](O)C(C)(C)[C@@H]5CC[C@]43C)[C@@H]2C1.CC1(C)CC[C@]2(C(=O)O)CC[C@]3(C)C(=CC[C@@H]4[C@@]5(C)C[C@@H](O)[C@H](O)C(C)(C)[C@@H]5CC[C@]43C)[C@@H]2C1. The summed E-state index contributed by atoms with van der Waals surface area (Å²) < 4.78 is 5.88. The van der Waals surface area contributed by atoms with E-state index < -0.39 is 57.7 Å². The molecule has 0 bridgehead atoms. The summed E-state index contributed by atoms with van der Waals surface area (Å²) >= 11 is 0. The Morgan fingerprint density at radius 3 is 1.01 bits per heavy atom. The molecule has 0 aromatic carbocycles. The number of fused-ring (bicyclic) bond motifs is 28. The van der Waals surface area contributed by atoms with E-state index in [1.807, 2.05) is 0 Å². The van der Waals surface area contributed by atoms with Gasteiger partial charge in [0.15, 0.2) is 0 Å². The molecule has 766 valence electrons. The summed E-state index contributed by atoms with van der Waals surface area (Å²) in [5, 5.41) is 85.7. The van der Waals surface area contributed by atoms with E-state index in [9.17, 15) is 64.8 Å². The van der Waals surface area contributed by atoms with Gasteiger partial charge in [0.2, 0.25) is 0 Å². The van der Waals surface area contributed by atoms with Crippen LogP contribution in [-0.2, 0) is 28.7 Å². The van der Waals surface area contributed by atoms with Crippen LogP contribution >= 0.6 is 0 Å². The molecule has 20 aliphatic carbocycles. The molecular weight excluding hydrogens is 1690 g/mol. The van der Waals surface area contributed by atoms with Crippen molar-refractivity contribution in [3.05, 3.63) is 47.6 Å². The maximum Gasteiger partial charge on any atom is 0.310 e. The van der Waals surface area contributed by atoms with E-state index in [2.05, 4.69) is 205 Å². The van der Waals surface area contributed by atoms with E-state index in [1.165, 1.54) is 80.1 Å². The van der Waals surface area contributed by atoms with Crippen molar-refractivity contribution >= 4 is 29.8 Å². The molecule has 0 aliphatic heterocycles. The van der Waals surface area contributed by atoms with Crippen LogP contribution in [0.1, 0.15) is 437 Å². The molecule has 0 unspecified atom stereocenters. The Labute approximate surface area is 823 Å². The molecular formula is C122H194O14. The number of carboxylic acids is 4. The lowest BCUT2D eigenvalue weighted by Crippen LogP contribution is -2.67. The van der Waals surface area contributed by atoms with Crippen molar-refractivity contribution in [1.82, 2.24) is 0 Å². The van der Waals surface area contributed by atoms with Crippen LogP contribution in [0.25, 0.3) is 0 Å². The number of hydrogen-bond donors (Lipinski definition) is 8. The normalized spacial score (nSPS) is 53.0. The summed E-state index contributed by atoms with van der Waals surface area (Å²) in [5.74, 6) is 4.46. The minimum absolute atomic E-state index is 0.00466. The van der Waals surface area contributed by atoms with Gasteiger partial charge in [0.05, 0.1) is 46.1 Å². The Morgan fingerprint density at radius 1 is 0.309 bits per heavy atom. The van der Waals surface area contributed by atoms with Gasteiger partial charge in [0, 0.05) is 12.3 Å². The number of aliphatic hydroxyl groups is 4. The van der Waals surface area contributed by atoms with Gasteiger partial charge in [-0.15, -0.1) is 0 Å². The standard InChI is InChI=1S/C32H50O4.C30H48O4.2C30H48O3/c1-19(2)21-11-16-32(27(34)35)18-17-30(7)22(26(21)32)9-10-24-29(6)14-13-25(36-20(3)33)28(4,5)23(29)12-15-31(24,30)8;1-25(2)12-14-30(24(33)34)15-13-28(6)18(19(30)16-25)8-9-22-27(5)17-20(31)23(32)26(3,4)21(27)10-11-29(22,28)7;1-18(2)19-10-15-30(25(32)33)17-16-28(6)20(24(19)30)8-9-22-27(5)13-12-23(31)26(3,4)21(27)11-14-29(22,28)7;1-25(2)14-16-30(24(32)33)17-15-28(6)19(20(30)18-25)8-9-22-27(5)12-11-23(31)26(3,4)21(27)10-13-29(22,28)7/h21-26H,1,9-18H2,2-8H3,(H,34,35);8,19-23,31-32H,9-17H2,1-7H3,(H,33,34);19-24,31H,1,8-17H2,2-7H3,(H,32,33);8,20-23,31H,9-18H2,1-7H3,(H,32,33)/t21-,22+,23-,24+,25-,26+,29-,30+,31+,32-;19-,20+,21-,22+,23-,27-,28+,29+,30-;19-,20+,21-,22+,23-,24+,27-,28+,29+,30-;20-,21-,22+,23-,27-,28+,29+,30-/m0000/s1. The van der Waals surface area contributed by atoms with Gasteiger partial charge in [0.1, 0.15) is 6.10 Å². The van der Waals surface area contributed by atoms with Crippen molar-refractivity contribution in [2.45, 2.75) is 468 Å². The van der Waals surface area contributed by atoms with Gasteiger partial charge in [-0.05, 0) is 451 Å². The predicted octanol–water partition coefficient (Wildman–Crippen LogP) is 28.2. The Hall–Kier alpha value is -3.85. The second-order valence-corrected chi connectivity index (χ2v) is 59.9. The van der Waals surface area contributed by atoms with Crippen LogP contribution < -0.4 is 0 Å². The highest BCUT2D eigenvalue weighted by Crippen LogP contribution is 2.84. The van der Waals surface area contributed by atoms with E-state index in [-0.39, 0.29) is 145 Å². The second-order valence-electron chi connectivity index (χ2n) is 59.9. The fraction of sp³-hybridized carbons (Fsp3) is 0.893. The Kier molecular flexibility index (Phi) is 25.0. The Bertz CT molecular complexity index is 4800. The van der Waals surface area contributed by atoms with Crippen LogP contribution in [0, 0.1) is 214 Å². The first kappa shape index (κ1) is 104. The first-order valence-corrected chi connectivity index (χ1v) is 56.1. The van der Waals surface area contributed by atoms with Crippen LogP contribution in [0.15, 0.2) is 47.6 Å². The van der Waals surface area contributed by atoms with Gasteiger partial charge >= 0.3 is 29.8 Å². The lowest BCUT2D eigenvalue weighted by molar-refractivity contribution is -0.250. The third-order valence-corrected chi connectivity index (χ3v) is 53.3. The number of hydrogen-bond acceptors (Lipinski definition) is 10. The molecule has 0 saturated heterocycles. The predicted molar refractivity (Wildman–Crippen MR) is 542 cm³/mol. The van der Waals surface area contributed by atoms with Gasteiger partial charge < -0.3 is 45.6 Å². The Balaban J connectivity index is 0.000000126. The molecule has 14 nitrogen and oxygen atoms in total. The van der Waals surface area contributed by atoms with E-state index >= 15 is 0 Å². The number of allylic oxidation sites excluding steroid dienone is 6. The number of aliphatic hydroxyl groups excluding tert-OH is 4. The van der Waals surface area contributed by atoms with Crippen LogP contribution in [0.2, 0.25) is 0 Å². The largest absolute Gasteiger partial charge is 0.481 e. The van der Waals surface area contributed by atoms with Crippen molar-refractivity contribution in [3.63, 3.8) is 0 Å². The van der Waals surface area contributed by atoms with Crippen molar-refractivity contribution < 1.29 is 69.6 Å². The highest BCUT2D eigenvalue weighted by atomic mass is 16.5. The molecule has 0 aromatic heterocycles. The zero-order valence-corrected chi connectivity index (χ0v) is 90.8. The molecule has 20 aliphatic rings. The quantitative estimate of drug-likeness (QED) is 0.0872. The fourth-order valence-corrected chi connectivity index (χ4v) is 44.8. The number of aliphatic carboxylic acids is 4. The topological polar surface area (TPSA) is 256 Å². The number of carbonyl (C=O) groups is 5. The molecule has 0 spiro atoms. The highest BCUT2D eigenvalue weighted by Gasteiger charge is 2.78. The Morgan fingerprint density at radius 2 is 0.640 bits per heavy atom. The van der Waals surface area contributed by atoms with Crippen LogP contribution in [0.4, 0.5) is 0 Å². The lowest BCUT2D eigenvalue weighted by Gasteiger charge is -2.72. The summed E-state index contributed by atoms with van der Waals surface area (Å²) in [6.07, 6.45) is 43.0. The maximum atomic E-state index is 12.8. The zero-order valence-electron chi connectivity index (χ0n) is 90.8. The third kappa shape index (κ3) is 13.9. The first-order valence-electron chi connectivity index (χ1n) is 56.1. The highest BCUT2D eigenvalue weighted by molar-refractivity contribution is 5.79. The maximum absolute atomic E-state index is 12.8. The minimum atomic E-state index is -0.679. The number of carbonyl (C=O) groups excluding carboxylic acids is 1. The average Bonchev–Trinajstić information content (AvgIpc) is 1.42. The van der Waals surface area contributed by atoms with E-state index in [1.54, 1.807) is 6.92 Å². The fourth-order valence-electron chi connectivity index (χ4n) is 44.8. The van der Waals surface area contributed by atoms with Crippen molar-refractivity contribution in [1.29, 1.82) is 0 Å². The summed E-state index contributed by atoms with van der Waals surface area (Å²) in [7, 11) is 0. The molecule has 18 saturated carbocycles. The summed E-state index contributed by atoms with van der Waals surface area (Å²) in [6.45, 7) is 72.5. The van der Waals surface area contributed by atoms with Crippen LogP contribution in [0.5, 0.6) is 0 Å². The first-order chi connectivity index (χ1) is 62.6. The molecule has 0 heterocycles. The summed E-state index contributed by atoms with van der Waals surface area (Å²) in [4.78, 5) is 63.0. The van der Waals surface area contributed by atoms with Gasteiger partial charge in [-0.2, -0.15) is 0 Å². The molecule has 20 rings (SSSR count). The molecule has 37 atom stereocenters. The number of ether oxygens (including phenoxy) is 1. The van der Waals surface area contributed by atoms with Gasteiger partial charge in [-0.1, -0.05) is 214 Å². The van der Waals surface area contributed by atoms with Gasteiger partial charge in [-0.3, -0.25) is 24.0 Å². The molecule has 0 amide bonds. The zero-order chi connectivity index (χ0) is 100. The van der Waals surface area contributed by atoms with Crippen LogP contribution in [-0.4, -0.2) is 101 Å². The summed E-state index contributed by atoms with van der Waals surface area (Å²) in [5.41, 5.74) is 4.99. The monoisotopic (exact) mass is 1880 g/mol. The van der Waals surface area contributed by atoms with E-state index in [0.717, 1.165) is 186 Å². The van der Waals surface area contributed by atoms with Crippen molar-refractivity contribution in [2.24, 2.45) is 214 Å². The van der Waals surface area contributed by atoms with Gasteiger partial charge in [0.25, 0.3) is 0 Å². The number of esters is 1. The second kappa shape index (κ2) is 32.8. The molecule has 0 radical (unpaired) electrons. The van der Waals surface area contributed by atoms with E-state index in [0.29, 0.717) is 77.4 Å².